The zero-order valence-corrected chi connectivity index (χ0v) is 12.2. The summed E-state index contributed by atoms with van der Waals surface area (Å²) in [6.45, 7) is 11.1. The average molecular weight is 252 g/mol. The Kier molecular flexibility index (Phi) is 6.70. The van der Waals surface area contributed by atoms with E-state index in [0.717, 1.165) is 52.0 Å². The lowest BCUT2D eigenvalue weighted by atomic mass is 9.98. The summed E-state index contributed by atoms with van der Waals surface area (Å²) >= 11 is 0. The first kappa shape index (κ1) is 15.5. The molecule has 1 aliphatic heterocycles. The number of nitrogens with two attached hydrogens (primary N) is 1. The van der Waals surface area contributed by atoms with Crippen LogP contribution in [0.2, 0.25) is 0 Å². The van der Waals surface area contributed by atoms with Gasteiger partial charge in [-0.15, -0.1) is 0 Å². The molecule has 0 aromatic rings. The Hall–Kier alpha value is -0.560. The van der Waals surface area contributed by atoms with Gasteiger partial charge in [0.05, 0.1) is 12.6 Å². The fourth-order valence-corrected chi connectivity index (χ4v) is 1.98. The van der Waals surface area contributed by atoms with Crippen LogP contribution in [0.15, 0.2) is 0 Å². The molecule has 0 unspecified atom stereocenters. The second-order valence-electron chi connectivity index (χ2n) is 6.04. The molecule has 1 heterocycles. The van der Waals surface area contributed by atoms with E-state index in [0.29, 0.717) is 6.10 Å². The van der Waals surface area contributed by atoms with Crippen molar-refractivity contribution in [3.8, 4) is 11.8 Å². The summed E-state index contributed by atoms with van der Waals surface area (Å²) in [6.07, 6.45) is 3.66. The molecule has 0 atom stereocenters. The van der Waals surface area contributed by atoms with Crippen LogP contribution in [0.4, 0.5) is 0 Å². The highest BCUT2D eigenvalue weighted by atomic mass is 16.5. The lowest BCUT2D eigenvalue weighted by Gasteiger charge is -2.30. The summed E-state index contributed by atoms with van der Waals surface area (Å²) in [5, 5.41) is 0. The second-order valence-corrected chi connectivity index (χ2v) is 6.04. The Morgan fingerprint density at radius 1 is 1.28 bits per heavy atom. The van der Waals surface area contributed by atoms with E-state index in [1.807, 2.05) is 0 Å². The van der Waals surface area contributed by atoms with Gasteiger partial charge in [-0.1, -0.05) is 11.8 Å². The number of rotatable bonds is 5. The largest absolute Gasteiger partial charge is 0.378 e. The van der Waals surface area contributed by atoms with Crippen molar-refractivity contribution in [1.82, 2.24) is 4.90 Å². The highest BCUT2D eigenvalue weighted by Gasteiger charge is 2.18. The van der Waals surface area contributed by atoms with Gasteiger partial charge in [-0.3, -0.25) is 4.90 Å². The maximum Gasteiger partial charge on any atom is 0.0601 e. The average Bonchev–Trinajstić information content (AvgIpc) is 2.30. The van der Waals surface area contributed by atoms with Gasteiger partial charge in [0.1, 0.15) is 0 Å². The van der Waals surface area contributed by atoms with Crippen LogP contribution < -0.4 is 5.73 Å². The lowest BCUT2D eigenvalue weighted by molar-refractivity contribution is 0.00987. The monoisotopic (exact) mass is 252 g/mol. The van der Waals surface area contributed by atoms with Crippen molar-refractivity contribution < 1.29 is 4.74 Å². The molecule has 0 bridgehead atoms. The molecule has 0 saturated carbocycles. The zero-order chi connectivity index (χ0) is 13.4. The van der Waals surface area contributed by atoms with Crippen LogP contribution >= 0.6 is 0 Å². The van der Waals surface area contributed by atoms with Crippen LogP contribution in [0.1, 0.15) is 40.0 Å². The van der Waals surface area contributed by atoms with Crippen molar-refractivity contribution in [2.24, 2.45) is 11.1 Å². The summed E-state index contributed by atoms with van der Waals surface area (Å²) in [5.41, 5.74) is 5.57. The summed E-state index contributed by atoms with van der Waals surface area (Å²) in [6, 6.07) is 0. The molecule has 1 rings (SSSR count). The van der Waals surface area contributed by atoms with Crippen LogP contribution in [0.5, 0.6) is 0 Å². The topological polar surface area (TPSA) is 38.5 Å². The third-order valence-corrected chi connectivity index (χ3v) is 3.00. The first-order valence-corrected chi connectivity index (χ1v) is 7.05. The van der Waals surface area contributed by atoms with Crippen molar-refractivity contribution in [3.05, 3.63) is 0 Å². The van der Waals surface area contributed by atoms with Crippen molar-refractivity contribution >= 4 is 0 Å². The van der Waals surface area contributed by atoms with Crippen LogP contribution in [0.25, 0.3) is 0 Å². The Balaban J connectivity index is 2.17. The molecule has 0 aliphatic carbocycles. The minimum atomic E-state index is 0.115. The number of hydrogen-bond acceptors (Lipinski definition) is 3. The van der Waals surface area contributed by atoms with Crippen molar-refractivity contribution in [2.75, 3.05) is 32.8 Å². The third-order valence-electron chi connectivity index (χ3n) is 3.00. The number of nitrogens with zero attached hydrogens (tertiary/aromatic N) is 1. The molecule has 3 nitrogen and oxygen atoms in total. The fraction of sp³-hybridized carbons (Fsp3) is 0.867. The lowest BCUT2D eigenvalue weighted by Crippen LogP contribution is -2.37. The van der Waals surface area contributed by atoms with Gasteiger partial charge in [-0.05, 0) is 46.6 Å². The van der Waals surface area contributed by atoms with Crippen molar-refractivity contribution in [3.63, 3.8) is 0 Å². The van der Waals surface area contributed by atoms with E-state index < -0.39 is 0 Å². The predicted molar refractivity (Wildman–Crippen MR) is 76.3 cm³/mol. The number of hydrogen-bond donors (Lipinski definition) is 1. The highest BCUT2D eigenvalue weighted by Crippen LogP contribution is 2.14. The minimum absolute atomic E-state index is 0.115. The summed E-state index contributed by atoms with van der Waals surface area (Å²) in [5.74, 6) is 6.57. The van der Waals surface area contributed by atoms with Crippen LogP contribution in [-0.2, 0) is 4.74 Å². The molecule has 0 aromatic carbocycles. The molecule has 0 amide bonds. The van der Waals surface area contributed by atoms with E-state index in [-0.39, 0.29) is 5.41 Å². The van der Waals surface area contributed by atoms with Crippen LogP contribution in [0.3, 0.4) is 0 Å². The van der Waals surface area contributed by atoms with Gasteiger partial charge in [0.25, 0.3) is 0 Å². The maximum atomic E-state index is 5.79. The molecule has 3 heteroatoms. The molecular weight excluding hydrogens is 224 g/mol. The predicted octanol–water partition coefficient (Wildman–Crippen LogP) is 1.87. The van der Waals surface area contributed by atoms with Gasteiger partial charge < -0.3 is 10.5 Å². The number of ether oxygens (including phenoxy) is 1. The Labute approximate surface area is 112 Å². The standard InChI is InChI=1S/C15H28N2O/c1-15(2,3)8-4-10-17-11-6-14(7-12-17)18-13-5-9-16/h14H,5-7,9-13,16H2,1-3H3. The second kappa shape index (κ2) is 7.78. The van der Waals surface area contributed by atoms with Crippen molar-refractivity contribution in [2.45, 2.75) is 46.1 Å². The van der Waals surface area contributed by atoms with Crippen LogP contribution in [-0.4, -0.2) is 43.8 Å². The van der Waals surface area contributed by atoms with Gasteiger partial charge in [-0.25, -0.2) is 0 Å². The quantitative estimate of drug-likeness (QED) is 0.599. The summed E-state index contributed by atoms with van der Waals surface area (Å²) in [7, 11) is 0. The van der Waals surface area contributed by atoms with Gasteiger partial charge in [-0.2, -0.15) is 0 Å². The molecule has 0 aromatic heterocycles. The first-order valence-electron chi connectivity index (χ1n) is 7.05. The van der Waals surface area contributed by atoms with Gasteiger partial charge in [0.15, 0.2) is 0 Å². The molecular formula is C15H28N2O. The van der Waals surface area contributed by atoms with E-state index in [2.05, 4.69) is 37.5 Å². The van der Waals surface area contributed by atoms with Crippen LogP contribution in [0, 0.1) is 17.3 Å². The maximum absolute atomic E-state index is 5.79. The molecule has 2 N–H and O–H groups in total. The SMILES string of the molecule is CC(C)(C)C#CCN1CCC(OCCCN)CC1. The smallest absolute Gasteiger partial charge is 0.0601 e. The zero-order valence-electron chi connectivity index (χ0n) is 12.2. The van der Waals surface area contributed by atoms with E-state index in [1.54, 1.807) is 0 Å². The van der Waals surface area contributed by atoms with E-state index >= 15 is 0 Å². The molecule has 1 fully saturated rings. The van der Waals surface area contributed by atoms with Gasteiger partial charge >= 0.3 is 0 Å². The summed E-state index contributed by atoms with van der Waals surface area (Å²) in [4.78, 5) is 2.42. The fourth-order valence-electron chi connectivity index (χ4n) is 1.98. The Bertz CT molecular complexity index is 277. The van der Waals surface area contributed by atoms with Gasteiger partial charge in [0, 0.05) is 25.1 Å². The third kappa shape index (κ3) is 7.00. The molecule has 0 spiro atoms. The molecule has 1 saturated heterocycles. The van der Waals surface area contributed by atoms with Gasteiger partial charge in [0.2, 0.25) is 0 Å². The van der Waals surface area contributed by atoms with E-state index in [1.165, 1.54) is 0 Å². The normalized spacial score (nSPS) is 18.4. The summed E-state index contributed by atoms with van der Waals surface area (Å²) < 4.78 is 5.79. The molecule has 104 valence electrons. The van der Waals surface area contributed by atoms with E-state index in [9.17, 15) is 0 Å². The minimum Gasteiger partial charge on any atom is -0.378 e. The number of piperidine rings is 1. The van der Waals surface area contributed by atoms with E-state index in [4.69, 9.17) is 10.5 Å². The highest BCUT2D eigenvalue weighted by molar-refractivity contribution is 5.08. The molecule has 0 radical (unpaired) electrons. The number of likely N-dealkylation sites (tertiary alicyclic amines) is 1. The Morgan fingerprint density at radius 3 is 2.50 bits per heavy atom. The Morgan fingerprint density at radius 2 is 1.94 bits per heavy atom. The molecule has 1 aliphatic rings. The first-order chi connectivity index (χ1) is 8.51. The van der Waals surface area contributed by atoms with Crippen molar-refractivity contribution in [1.29, 1.82) is 0 Å². The molecule has 18 heavy (non-hydrogen) atoms.